The molecule has 6 heteroatoms. The van der Waals surface area contributed by atoms with Crippen LogP contribution in [0.1, 0.15) is 18.2 Å². The van der Waals surface area contributed by atoms with Gasteiger partial charge in [0, 0.05) is 10.5 Å². The largest absolute Gasteiger partial charge is 0.462 e. The van der Waals surface area contributed by atoms with Gasteiger partial charge in [0.2, 0.25) is 0 Å². The van der Waals surface area contributed by atoms with Crippen LogP contribution in [0.4, 0.5) is 0 Å². The number of furan rings is 1. The van der Waals surface area contributed by atoms with Gasteiger partial charge in [-0.2, -0.15) is 0 Å². The molecule has 2 aromatic rings. The molecule has 112 valence electrons. The summed E-state index contributed by atoms with van der Waals surface area (Å²) in [6.07, 6.45) is 1.36. The van der Waals surface area contributed by atoms with Gasteiger partial charge < -0.3 is 9.15 Å². The van der Waals surface area contributed by atoms with Crippen molar-refractivity contribution in [3.63, 3.8) is 0 Å². The van der Waals surface area contributed by atoms with E-state index in [1.54, 1.807) is 19.1 Å². The van der Waals surface area contributed by atoms with Crippen molar-refractivity contribution in [1.82, 2.24) is 0 Å². The zero-order chi connectivity index (χ0) is 15.9. The number of aryl methyl sites for hydroxylation is 1. The molecule has 0 aliphatic rings. The van der Waals surface area contributed by atoms with Gasteiger partial charge >= 0.3 is 5.97 Å². The molecule has 0 spiro atoms. The van der Waals surface area contributed by atoms with E-state index in [1.807, 2.05) is 31.2 Å². The Balaban J connectivity index is 2.29. The maximum Gasteiger partial charge on any atom is 0.340 e. The Morgan fingerprint density at radius 3 is 2.68 bits per heavy atom. The molecule has 0 aliphatic heterocycles. The maximum atomic E-state index is 11.7. The maximum absolute atomic E-state index is 11.7. The number of carbonyl (C=O) groups excluding carboxylic acids is 1. The smallest absolute Gasteiger partial charge is 0.340 e. The summed E-state index contributed by atoms with van der Waals surface area (Å²) in [7, 11) is 0. The second-order valence-electron chi connectivity index (χ2n) is 4.51. The lowest BCUT2D eigenvalue weighted by Gasteiger charge is -2.00. The van der Waals surface area contributed by atoms with E-state index in [-0.39, 0.29) is 12.3 Å². The summed E-state index contributed by atoms with van der Waals surface area (Å²) in [5.41, 5.74) is 10.5. The van der Waals surface area contributed by atoms with Crippen LogP contribution >= 0.6 is 0 Å². The van der Waals surface area contributed by atoms with Crippen LogP contribution in [0.5, 0.6) is 0 Å². The van der Waals surface area contributed by atoms with Crippen molar-refractivity contribution in [3.05, 3.63) is 63.9 Å². The number of carbonyl (C=O) groups is 1. The van der Waals surface area contributed by atoms with Crippen molar-refractivity contribution in [2.75, 3.05) is 6.61 Å². The molecule has 1 heterocycles. The van der Waals surface area contributed by atoms with Crippen LogP contribution in [0.2, 0.25) is 0 Å². The highest BCUT2D eigenvalue weighted by Crippen LogP contribution is 2.24. The van der Waals surface area contributed by atoms with Gasteiger partial charge in [0.05, 0.1) is 6.61 Å². The van der Waals surface area contributed by atoms with E-state index in [0.29, 0.717) is 11.5 Å². The molecular formula is C16H15N3O3. The van der Waals surface area contributed by atoms with E-state index in [1.165, 1.54) is 6.08 Å². The molecule has 1 aromatic carbocycles. The number of hydrogen-bond acceptors (Lipinski definition) is 4. The predicted octanol–water partition coefficient (Wildman–Crippen LogP) is 4.47. The summed E-state index contributed by atoms with van der Waals surface area (Å²) >= 11 is 0. The highest BCUT2D eigenvalue weighted by atomic mass is 16.5. The first kappa shape index (κ1) is 15.4. The summed E-state index contributed by atoms with van der Waals surface area (Å²) in [5, 5.41) is 3.34. The fraction of sp³-hybridized carbons (Fsp3) is 0.188. The zero-order valence-corrected chi connectivity index (χ0v) is 12.3. The number of benzene rings is 1. The van der Waals surface area contributed by atoms with E-state index >= 15 is 0 Å². The minimum atomic E-state index is -0.686. The summed E-state index contributed by atoms with van der Waals surface area (Å²) in [4.78, 5) is 14.3. The van der Waals surface area contributed by atoms with E-state index in [2.05, 4.69) is 10.0 Å². The first-order chi connectivity index (χ1) is 10.6. The minimum absolute atomic E-state index is 0.144. The highest BCUT2D eigenvalue weighted by Gasteiger charge is 2.10. The van der Waals surface area contributed by atoms with Gasteiger partial charge in [0.25, 0.3) is 0 Å². The van der Waals surface area contributed by atoms with Crippen LogP contribution in [0, 0.1) is 6.92 Å². The Labute approximate surface area is 127 Å². The molecule has 0 fully saturated rings. The quantitative estimate of drug-likeness (QED) is 0.268. The van der Waals surface area contributed by atoms with Gasteiger partial charge in [-0.15, -0.1) is 0 Å². The topological polar surface area (TPSA) is 88.2 Å². The summed E-state index contributed by atoms with van der Waals surface area (Å²) in [6, 6.07) is 11.3. The Bertz CT molecular complexity index is 738. The summed E-state index contributed by atoms with van der Waals surface area (Å²) in [6.45, 7) is 3.88. The van der Waals surface area contributed by atoms with Crippen molar-refractivity contribution in [2.45, 2.75) is 13.8 Å². The second kappa shape index (κ2) is 7.15. The molecule has 22 heavy (non-hydrogen) atoms. The monoisotopic (exact) mass is 297 g/mol. The van der Waals surface area contributed by atoms with Crippen molar-refractivity contribution in [1.29, 1.82) is 0 Å². The molecule has 0 atom stereocenters. The Kier molecular flexibility index (Phi) is 5.01. The fourth-order valence-electron chi connectivity index (χ4n) is 1.82. The predicted molar refractivity (Wildman–Crippen MR) is 82.6 cm³/mol. The number of ether oxygens (including phenoxy) is 1. The van der Waals surface area contributed by atoms with Gasteiger partial charge in [-0.05, 0) is 37.6 Å². The van der Waals surface area contributed by atoms with E-state index in [4.69, 9.17) is 14.7 Å². The van der Waals surface area contributed by atoms with Crippen LogP contribution < -0.4 is 0 Å². The molecule has 6 nitrogen and oxygen atoms in total. The van der Waals surface area contributed by atoms with Crippen molar-refractivity contribution in [3.8, 4) is 11.3 Å². The average molecular weight is 297 g/mol. The first-order valence-corrected chi connectivity index (χ1v) is 6.75. The lowest BCUT2D eigenvalue weighted by molar-refractivity contribution is -0.138. The zero-order valence-electron chi connectivity index (χ0n) is 12.3. The molecule has 2 rings (SSSR count). The minimum Gasteiger partial charge on any atom is -0.462 e. The molecule has 0 aliphatic carbocycles. The number of hydrogen-bond donors (Lipinski definition) is 0. The third-order valence-electron chi connectivity index (χ3n) is 2.88. The molecule has 0 saturated heterocycles. The Hall–Kier alpha value is -2.98. The highest BCUT2D eigenvalue weighted by molar-refractivity contribution is 5.92. The van der Waals surface area contributed by atoms with Gasteiger partial charge in [-0.3, -0.25) is 0 Å². The Morgan fingerprint density at radius 2 is 2.05 bits per heavy atom. The van der Waals surface area contributed by atoms with Gasteiger partial charge in [-0.25, -0.2) is 4.79 Å². The lowest BCUT2D eigenvalue weighted by atomic mass is 10.1. The molecule has 0 amide bonds. The number of esters is 1. The molecule has 0 saturated carbocycles. The van der Waals surface area contributed by atoms with E-state index in [9.17, 15) is 4.79 Å². The van der Waals surface area contributed by atoms with Crippen LogP contribution in [0.3, 0.4) is 0 Å². The van der Waals surface area contributed by atoms with Crippen LogP contribution in [-0.2, 0) is 9.53 Å². The van der Waals surface area contributed by atoms with Gasteiger partial charge in [0.15, 0.2) is 0 Å². The molecule has 0 unspecified atom stereocenters. The normalized spacial score (nSPS) is 10.9. The van der Waals surface area contributed by atoms with Crippen LogP contribution in [0.25, 0.3) is 27.8 Å². The van der Waals surface area contributed by atoms with Crippen LogP contribution in [-0.4, -0.2) is 12.6 Å². The molecule has 0 radical (unpaired) electrons. The number of nitrogens with zero attached hydrogens (tertiary/aromatic N) is 3. The van der Waals surface area contributed by atoms with Crippen molar-refractivity contribution >= 4 is 12.0 Å². The third kappa shape index (κ3) is 3.77. The van der Waals surface area contributed by atoms with Crippen molar-refractivity contribution in [2.24, 2.45) is 5.11 Å². The Morgan fingerprint density at radius 1 is 1.32 bits per heavy atom. The number of rotatable bonds is 5. The van der Waals surface area contributed by atoms with E-state index in [0.717, 1.165) is 11.1 Å². The standard InChI is InChI=1S/C16H15N3O3/c1-3-21-16(20)14(18-19-17)10-13-8-9-15(22-13)12-6-4-11(2)5-7-12/h4-10H,3H2,1-2H3/b14-10-. The van der Waals surface area contributed by atoms with E-state index < -0.39 is 5.97 Å². The second-order valence-corrected chi connectivity index (χ2v) is 4.51. The molecule has 0 bridgehead atoms. The van der Waals surface area contributed by atoms with Gasteiger partial charge in [0.1, 0.15) is 17.2 Å². The average Bonchev–Trinajstić information content (AvgIpc) is 2.96. The first-order valence-electron chi connectivity index (χ1n) is 6.75. The van der Waals surface area contributed by atoms with Gasteiger partial charge in [-0.1, -0.05) is 34.9 Å². The molecular weight excluding hydrogens is 282 g/mol. The number of azide groups is 1. The lowest BCUT2D eigenvalue weighted by Crippen LogP contribution is -2.05. The van der Waals surface area contributed by atoms with Crippen LogP contribution in [0.15, 0.2) is 51.6 Å². The summed E-state index contributed by atoms with van der Waals surface area (Å²) < 4.78 is 10.5. The third-order valence-corrected chi connectivity index (χ3v) is 2.88. The molecule has 0 N–H and O–H groups in total. The molecule has 1 aromatic heterocycles. The summed E-state index contributed by atoms with van der Waals surface area (Å²) in [5.74, 6) is 0.384. The SMILES string of the molecule is CCOC(=O)/C(=C/c1ccc(-c2ccc(C)cc2)o1)N=[N+]=[N-]. The van der Waals surface area contributed by atoms with Crippen molar-refractivity contribution < 1.29 is 13.9 Å². The fourth-order valence-corrected chi connectivity index (χ4v) is 1.82.